The molecule has 0 spiro atoms. The average Bonchev–Trinajstić information content (AvgIpc) is 2.50. The van der Waals surface area contributed by atoms with Gasteiger partial charge in [-0.05, 0) is 24.3 Å². The maximum atomic E-state index is 11.6. The number of ether oxygens (including phenoxy) is 1. The van der Waals surface area contributed by atoms with Crippen LogP contribution in [0.3, 0.4) is 0 Å². The molecule has 0 saturated carbocycles. The number of benzene rings is 1. The second kappa shape index (κ2) is 9.92. The van der Waals surface area contributed by atoms with E-state index in [-0.39, 0.29) is 11.5 Å². The van der Waals surface area contributed by atoms with Crippen LogP contribution in [0.15, 0.2) is 30.3 Å². The minimum absolute atomic E-state index is 0.231. The Labute approximate surface area is 128 Å². The zero-order valence-corrected chi connectivity index (χ0v) is 13.9. The van der Waals surface area contributed by atoms with E-state index in [9.17, 15) is 8.42 Å². The molecule has 4 nitrogen and oxygen atoms in total. The van der Waals surface area contributed by atoms with Crippen LogP contribution in [0.4, 0.5) is 0 Å². The van der Waals surface area contributed by atoms with E-state index in [0.717, 1.165) is 19.5 Å². The molecule has 1 atom stereocenters. The van der Waals surface area contributed by atoms with Crippen LogP contribution in [-0.4, -0.2) is 46.7 Å². The van der Waals surface area contributed by atoms with Gasteiger partial charge in [-0.15, -0.1) is 0 Å². The molecule has 0 aliphatic carbocycles. The van der Waals surface area contributed by atoms with Crippen molar-refractivity contribution >= 4 is 9.84 Å². The van der Waals surface area contributed by atoms with Crippen LogP contribution in [0.2, 0.25) is 0 Å². The Morgan fingerprint density at radius 3 is 2.57 bits per heavy atom. The van der Waals surface area contributed by atoms with E-state index in [4.69, 9.17) is 4.74 Å². The lowest BCUT2D eigenvalue weighted by Gasteiger charge is -2.18. The number of rotatable bonds is 11. The minimum Gasteiger partial charge on any atom is -0.383 e. The Kier molecular flexibility index (Phi) is 8.57. The van der Waals surface area contributed by atoms with Gasteiger partial charge in [0.25, 0.3) is 0 Å². The van der Waals surface area contributed by atoms with Crippen molar-refractivity contribution in [3.05, 3.63) is 35.9 Å². The molecular formula is C16H27NO3S. The standard InChI is InChI=1S/C16H27NO3S/c1-3-21(18,19)13-7-10-16(14-17-11-12-20-2)15-8-5-4-6-9-15/h4-6,8-9,16-17H,3,7,10-14H2,1-2H3. The van der Waals surface area contributed by atoms with Crippen LogP contribution in [0, 0.1) is 0 Å². The van der Waals surface area contributed by atoms with Gasteiger partial charge in [0.15, 0.2) is 0 Å². The van der Waals surface area contributed by atoms with Crippen molar-refractivity contribution < 1.29 is 13.2 Å². The minimum atomic E-state index is -2.87. The first-order chi connectivity index (χ1) is 10.1. The van der Waals surface area contributed by atoms with E-state index in [1.165, 1.54) is 5.56 Å². The molecule has 120 valence electrons. The number of hydrogen-bond donors (Lipinski definition) is 1. The van der Waals surface area contributed by atoms with E-state index in [1.807, 2.05) is 18.2 Å². The molecule has 0 amide bonds. The van der Waals surface area contributed by atoms with Gasteiger partial charge in [0, 0.05) is 26.0 Å². The summed E-state index contributed by atoms with van der Waals surface area (Å²) in [4.78, 5) is 0. The highest BCUT2D eigenvalue weighted by Crippen LogP contribution is 2.20. The molecule has 0 aromatic heterocycles. The molecule has 0 radical (unpaired) electrons. The third-order valence-corrected chi connectivity index (χ3v) is 5.38. The van der Waals surface area contributed by atoms with Gasteiger partial charge in [0.05, 0.1) is 12.4 Å². The van der Waals surface area contributed by atoms with Crippen molar-refractivity contribution in [2.75, 3.05) is 38.3 Å². The number of hydrogen-bond acceptors (Lipinski definition) is 4. The first-order valence-corrected chi connectivity index (χ1v) is 9.36. The quantitative estimate of drug-likeness (QED) is 0.637. The molecule has 1 aromatic carbocycles. The second-order valence-corrected chi connectivity index (χ2v) is 7.66. The molecular weight excluding hydrogens is 286 g/mol. The highest BCUT2D eigenvalue weighted by atomic mass is 32.2. The lowest BCUT2D eigenvalue weighted by molar-refractivity contribution is 0.198. The summed E-state index contributed by atoms with van der Waals surface area (Å²) in [6, 6.07) is 10.3. The molecule has 1 rings (SSSR count). The Morgan fingerprint density at radius 2 is 1.95 bits per heavy atom. The lowest BCUT2D eigenvalue weighted by atomic mass is 9.94. The molecule has 21 heavy (non-hydrogen) atoms. The van der Waals surface area contributed by atoms with Crippen molar-refractivity contribution in [3.63, 3.8) is 0 Å². The van der Waals surface area contributed by atoms with Crippen molar-refractivity contribution in [1.82, 2.24) is 5.32 Å². The highest BCUT2D eigenvalue weighted by Gasteiger charge is 2.13. The Morgan fingerprint density at radius 1 is 1.24 bits per heavy atom. The van der Waals surface area contributed by atoms with Crippen LogP contribution in [0.1, 0.15) is 31.2 Å². The molecule has 1 N–H and O–H groups in total. The predicted molar refractivity (Wildman–Crippen MR) is 87.5 cm³/mol. The summed E-state index contributed by atoms with van der Waals surface area (Å²) in [6.45, 7) is 4.05. The first kappa shape index (κ1) is 18.1. The normalized spacial score (nSPS) is 13.2. The third-order valence-electron chi connectivity index (χ3n) is 3.59. The maximum Gasteiger partial charge on any atom is 0.150 e. The number of nitrogens with one attached hydrogen (secondary N) is 1. The van der Waals surface area contributed by atoms with Crippen molar-refractivity contribution in [3.8, 4) is 0 Å². The van der Waals surface area contributed by atoms with E-state index >= 15 is 0 Å². The fourth-order valence-electron chi connectivity index (χ4n) is 2.26. The van der Waals surface area contributed by atoms with Crippen LogP contribution >= 0.6 is 0 Å². The summed E-state index contributed by atoms with van der Waals surface area (Å²) in [5.74, 6) is 0.857. The fraction of sp³-hybridized carbons (Fsp3) is 0.625. The fourth-order valence-corrected chi connectivity index (χ4v) is 3.15. The van der Waals surface area contributed by atoms with Crippen LogP contribution < -0.4 is 5.32 Å². The second-order valence-electron chi connectivity index (χ2n) is 5.18. The Bertz CT molecular complexity index is 474. The van der Waals surface area contributed by atoms with E-state index in [2.05, 4.69) is 17.4 Å². The molecule has 0 heterocycles. The molecule has 0 aliphatic heterocycles. The Balaban J connectivity index is 2.52. The summed E-state index contributed by atoms with van der Waals surface area (Å²) < 4.78 is 28.2. The lowest BCUT2D eigenvalue weighted by Crippen LogP contribution is -2.25. The van der Waals surface area contributed by atoms with Gasteiger partial charge < -0.3 is 10.1 Å². The van der Waals surface area contributed by atoms with Gasteiger partial charge in [-0.1, -0.05) is 37.3 Å². The van der Waals surface area contributed by atoms with Gasteiger partial charge in [0.2, 0.25) is 0 Å². The summed E-state index contributed by atoms with van der Waals surface area (Å²) >= 11 is 0. The van der Waals surface area contributed by atoms with Gasteiger partial charge >= 0.3 is 0 Å². The van der Waals surface area contributed by atoms with Crippen LogP contribution in [0.5, 0.6) is 0 Å². The maximum absolute atomic E-state index is 11.6. The van der Waals surface area contributed by atoms with Crippen LogP contribution in [-0.2, 0) is 14.6 Å². The summed E-state index contributed by atoms with van der Waals surface area (Å²) in [5, 5.41) is 3.37. The summed E-state index contributed by atoms with van der Waals surface area (Å²) in [5.41, 5.74) is 1.26. The molecule has 0 bridgehead atoms. The predicted octanol–water partition coefficient (Wildman–Crippen LogP) is 2.22. The number of methoxy groups -OCH3 is 1. The highest BCUT2D eigenvalue weighted by molar-refractivity contribution is 7.91. The van der Waals surface area contributed by atoms with Gasteiger partial charge in [-0.25, -0.2) is 8.42 Å². The van der Waals surface area contributed by atoms with Crippen molar-refractivity contribution in [1.29, 1.82) is 0 Å². The monoisotopic (exact) mass is 313 g/mol. The largest absolute Gasteiger partial charge is 0.383 e. The molecule has 5 heteroatoms. The van der Waals surface area contributed by atoms with Gasteiger partial charge in [0.1, 0.15) is 9.84 Å². The average molecular weight is 313 g/mol. The topological polar surface area (TPSA) is 55.4 Å². The first-order valence-electron chi connectivity index (χ1n) is 7.54. The molecule has 0 saturated heterocycles. The van der Waals surface area contributed by atoms with Gasteiger partial charge in [-0.2, -0.15) is 0 Å². The molecule has 0 aliphatic rings. The van der Waals surface area contributed by atoms with E-state index < -0.39 is 9.84 Å². The van der Waals surface area contributed by atoms with E-state index in [0.29, 0.717) is 18.9 Å². The molecule has 0 fully saturated rings. The van der Waals surface area contributed by atoms with Crippen molar-refractivity contribution in [2.24, 2.45) is 0 Å². The smallest absolute Gasteiger partial charge is 0.150 e. The van der Waals surface area contributed by atoms with Crippen LogP contribution in [0.25, 0.3) is 0 Å². The molecule has 1 unspecified atom stereocenters. The van der Waals surface area contributed by atoms with Crippen molar-refractivity contribution in [2.45, 2.75) is 25.7 Å². The summed E-state index contributed by atoms with van der Waals surface area (Å²) in [6.07, 6.45) is 1.59. The zero-order valence-electron chi connectivity index (χ0n) is 13.0. The molecule has 1 aromatic rings. The Hall–Kier alpha value is -0.910. The van der Waals surface area contributed by atoms with Gasteiger partial charge in [-0.3, -0.25) is 0 Å². The zero-order chi connectivity index (χ0) is 15.6. The number of sulfone groups is 1. The summed E-state index contributed by atoms with van der Waals surface area (Å²) in [7, 11) is -1.18. The third kappa shape index (κ3) is 7.60. The SMILES string of the molecule is CCS(=O)(=O)CCCC(CNCCOC)c1ccccc1. The van der Waals surface area contributed by atoms with E-state index in [1.54, 1.807) is 14.0 Å².